The highest BCUT2D eigenvalue weighted by atomic mass is 16.2. The minimum absolute atomic E-state index is 0.0742. The standard InChI is InChI=1S/C25H32O/c1-18(21-11-7-6-9-19(21)10-8-16-26)20-12-13-22-23(17-20)25(4,5)15-14-24(22,2)3/h6-13,17-18,26H,14-16H2,1-5H3. The normalized spacial score (nSPS) is 19.3. The topological polar surface area (TPSA) is 20.2 Å². The molecule has 0 fully saturated rings. The van der Waals surface area contributed by atoms with Crippen LogP contribution in [0.1, 0.15) is 81.2 Å². The van der Waals surface area contributed by atoms with Gasteiger partial charge in [-0.3, -0.25) is 0 Å². The highest BCUT2D eigenvalue weighted by molar-refractivity contribution is 5.57. The number of hydrogen-bond acceptors (Lipinski definition) is 1. The van der Waals surface area contributed by atoms with Crippen molar-refractivity contribution in [2.24, 2.45) is 0 Å². The zero-order valence-corrected chi connectivity index (χ0v) is 16.8. The van der Waals surface area contributed by atoms with Crippen LogP contribution in [0, 0.1) is 0 Å². The van der Waals surface area contributed by atoms with Crippen molar-refractivity contribution in [3.05, 3.63) is 76.4 Å². The molecule has 3 rings (SSSR count). The first-order valence-electron chi connectivity index (χ1n) is 9.77. The van der Waals surface area contributed by atoms with Gasteiger partial charge in [0.2, 0.25) is 0 Å². The minimum atomic E-state index is 0.0742. The molecule has 1 aliphatic carbocycles. The Morgan fingerprint density at radius 3 is 2.31 bits per heavy atom. The molecule has 1 nitrogen and oxygen atoms in total. The van der Waals surface area contributed by atoms with Crippen LogP contribution in [0.15, 0.2) is 48.5 Å². The van der Waals surface area contributed by atoms with Crippen molar-refractivity contribution in [3.8, 4) is 0 Å². The largest absolute Gasteiger partial charge is 0.392 e. The molecule has 2 aromatic rings. The average molecular weight is 349 g/mol. The van der Waals surface area contributed by atoms with Gasteiger partial charge in [-0.05, 0) is 51.5 Å². The highest BCUT2D eigenvalue weighted by Crippen LogP contribution is 2.46. The lowest BCUT2D eigenvalue weighted by Crippen LogP contribution is -2.34. The van der Waals surface area contributed by atoms with E-state index < -0.39 is 0 Å². The third-order valence-corrected chi connectivity index (χ3v) is 6.24. The van der Waals surface area contributed by atoms with Gasteiger partial charge in [-0.1, -0.05) is 89.2 Å². The van der Waals surface area contributed by atoms with Crippen molar-refractivity contribution in [2.75, 3.05) is 6.61 Å². The summed E-state index contributed by atoms with van der Waals surface area (Å²) in [5.74, 6) is 0.320. The van der Waals surface area contributed by atoms with Gasteiger partial charge in [0.05, 0.1) is 6.61 Å². The molecule has 0 heterocycles. The third kappa shape index (κ3) is 3.50. The first-order valence-corrected chi connectivity index (χ1v) is 9.77. The monoisotopic (exact) mass is 348 g/mol. The van der Waals surface area contributed by atoms with E-state index in [9.17, 15) is 0 Å². The Hall–Kier alpha value is -1.86. The predicted molar refractivity (Wildman–Crippen MR) is 112 cm³/mol. The molecule has 1 N–H and O–H groups in total. The van der Waals surface area contributed by atoms with E-state index in [1.54, 1.807) is 0 Å². The molecule has 1 aliphatic rings. The third-order valence-electron chi connectivity index (χ3n) is 6.24. The number of hydrogen-bond donors (Lipinski definition) is 1. The molecule has 2 aromatic carbocycles. The van der Waals surface area contributed by atoms with Crippen LogP contribution in [0.2, 0.25) is 0 Å². The average Bonchev–Trinajstić information content (AvgIpc) is 2.63. The number of benzene rings is 2. The molecule has 0 radical (unpaired) electrons. The van der Waals surface area contributed by atoms with Gasteiger partial charge in [0, 0.05) is 5.92 Å². The van der Waals surface area contributed by atoms with Crippen LogP contribution in [-0.2, 0) is 10.8 Å². The molecule has 26 heavy (non-hydrogen) atoms. The van der Waals surface area contributed by atoms with E-state index in [1.165, 1.54) is 40.7 Å². The number of aliphatic hydroxyl groups excluding tert-OH is 1. The van der Waals surface area contributed by atoms with Crippen LogP contribution in [0.3, 0.4) is 0 Å². The lowest BCUT2D eigenvalue weighted by atomic mass is 9.62. The van der Waals surface area contributed by atoms with Crippen molar-refractivity contribution in [2.45, 2.75) is 64.2 Å². The Kier molecular flexibility index (Phi) is 5.12. The fourth-order valence-corrected chi connectivity index (χ4v) is 4.29. The van der Waals surface area contributed by atoms with Crippen LogP contribution in [0.5, 0.6) is 0 Å². The summed E-state index contributed by atoms with van der Waals surface area (Å²) in [7, 11) is 0. The van der Waals surface area contributed by atoms with E-state index in [1.807, 2.05) is 12.2 Å². The van der Waals surface area contributed by atoms with Crippen molar-refractivity contribution in [1.82, 2.24) is 0 Å². The van der Waals surface area contributed by atoms with Gasteiger partial charge in [0.15, 0.2) is 0 Å². The summed E-state index contributed by atoms with van der Waals surface area (Å²) < 4.78 is 0. The van der Waals surface area contributed by atoms with Crippen LogP contribution in [0.25, 0.3) is 6.08 Å². The Balaban J connectivity index is 2.05. The molecule has 1 unspecified atom stereocenters. The maximum atomic E-state index is 9.13. The van der Waals surface area contributed by atoms with E-state index in [4.69, 9.17) is 5.11 Å². The lowest BCUT2D eigenvalue weighted by molar-refractivity contribution is 0.331. The van der Waals surface area contributed by atoms with Gasteiger partial charge < -0.3 is 5.11 Å². The van der Waals surface area contributed by atoms with Gasteiger partial charge in [0.25, 0.3) is 0 Å². The summed E-state index contributed by atoms with van der Waals surface area (Å²) in [4.78, 5) is 0. The summed E-state index contributed by atoms with van der Waals surface area (Å²) in [6.45, 7) is 11.9. The fourth-order valence-electron chi connectivity index (χ4n) is 4.29. The molecular weight excluding hydrogens is 316 g/mol. The summed E-state index contributed by atoms with van der Waals surface area (Å²) in [5, 5.41) is 9.13. The fraction of sp³-hybridized carbons (Fsp3) is 0.440. The zero-order valence-electron chi connectivity index (χ0n) is 16.8. The van der Waals surface area contributed by atoms with Crippen molar-refractivity contribution in [3.63, 3.8) is 0 Å². The summed E-state index contributed by atoms with van der Waals surface area (Å²) in [6, 6.07) is 15.6. The summed E-state index contributed by atoms with van der Waals surface area (Å²) >= 11 is 0. The quantitative estimate of drug-likeness (QED) is 0.698. The van der Waals surface area contributed by atoms with Gasteiger partial charge in [-0.25, -0.2) is 0 Å². The van der Waals surface area contributed by atoms with E-state index in [-0.39, 0.29) is 17.4 Å². The van der Waals surface area contributed by atoms with E-state index in [0.717, 1.165) is 0 Å². The maximum Gasteiger partial charge on any atom is 0.0615 e. The van der Waals surface area contributed by atoms with Crippen molar-refractivity contribution < 1.29 is 5.11 Å². The molecule has 0 aliphatic heterocycles. The number of aliphatic hydroxyl groups is 1. The number of rotatable bonds is 4. The SMILES string of the molecule is CC(c1ccc2c(c1)C(C)(C)CCC2(C)C)c1ccccc1C=CCO. The Labute approximate surface area is 158 Å². The van der Waals surface area contributed by atoms with Gasteiger partial charge in [-0.2, -0.15) is 0 Å². The molecule has 0 spiro atoms. The second kappa shape index (κ2) is 7.04. The molecule has 0 bridgehead atoms. The summed E-state index contributed by atoms with van der Waals surface area (Å²) in [6.07, 6.45) is 6.32. The molecule has 0 aromatic heterocycles. The van der Waals surface area contributed by atoms with E-state index in [2.05, 4.69) is 77.1 Å². The smallest absolute Gasteiger partial charge is 0.0615 e. The van der Waals surface area contributed by atoms with E-state index >= 15 is 0 Å². The van der Waals surface area contributed by atoms with Crippen LogP contribution >= 0.6 is 0 Å². The zero-order chi connectivity index (χ0) is 18.9. The molecule has 0 saturated carbocycles. The van der Waals surface area contributed by atoms with Crippen LogP contribution in [-0.4, -0.2) is 11.7 Å². The molecule has 0 saturated heterocycles. The number of fused-ring (bicyclic) bond motifs is 1. The van der Waals surface area contributed by atoms with E-state index in [0.29, 0.717) is 5.92 Å². The molecule has 1 heteroatoms. The molecule has 0 amide bonds. The highest BCUT2D eigenvalue weighted by Gasteiger charge is 2.37. The Morgan fingerprint density at radius 2 is 1.62 bits per heavy atom. The first kappa shape index (κ1) is 18.9. The van der Waals surface area contributed by atoms with Crippen LogP contribution < -0.4 is 0 Å². The molecule has 1 atom stereocenters. The van der Waals surface area contributed by atoms with Crippen LogP contribution in [0.4, 0.5) is 0 Å². The van der Waals surface area contributed by atoms with Gasteiger partial charge in [0.1, 0.15) is 0 Å². The van der Waals surface area contributed by atoms with Gasteiger partial charge in [-0.15, -0.1) is 0 Å². The summed E-state index contributed by atoms with van der Waals surface area (Å²) in [5.41, 5.74) is 7.39. The second-order valence-corrected chi connectivity index (χ2v) is 9.01. The Morgan fingerprint density at radius 1 is 0.962 bits per heavy atom. The minimum Gasteiger partial charge on any atom is -0.392 e. The van der Waals surface area contributed by atoms with Gasteiger partial charge >= 0.3 is 0 Å². The first-order chi connectivity index (χ1) is 12.3. The molecular formula is C25H32O. The Bertz CT molecular complexity index is 811. The lowest BCUT2D eigenvalue weighted by Gasteiger charge is -2.42. The molecule has 138 valence electrons. The second-order valence-electron chi connectivity index (χ2n) is 9.01. The maximum absolute atomic E-state index is 9.13. The predicted octanol–water partition coefficient (Wildman–Crippen LogP) is 6.19. The van der Waals surface area contributed by atoms with Crippen molar-refractivity contribution in [1.29, 1.82) is 0 Å². The van der Waals surface area contributed by atoms with Crippen molar-refractivity contribution >= 4 is 6.08 Å².